The molecular formula is C27H28F3N7. The van der Waals surface area contributed by atoms with Gasteiger partial charge in [0.25, 0.3) is 0 Å². The second kappa shape index (κ2) is 9.00. The number of allylic oxidation sites excluding steroid dienone is 2. The Bertz CT molecular complexity index is 1360. The number of hydrogen-bond donors (Lipinski definition) is 0. The molecule has 0 N–H and O–H groups in total. The molecule has 1 fully saturated rings. The summed E-state index contributed by atoms with van der Waals surface area (Å²) in [5, 5.41) is 8.58. The van der Waals surface area contributed by atoms with Gasteiger partial charge in [-0.25, -0.2) is 4.98 Å². The summed E-state index contributed by atoms with van der Waals surface area (Å²) < 4.78 is 41.5. The van der Waals surface area contributed by atoms with Crippen molar-refractivity contribution in [2.45, 2.75) is 64.2 Å². The first-order valence-corrected chi connectivity index (χ1v) is 12.8. The van der Waals surface area contributed by atoms with E-state index < -0.39 is 11.7 Å². The zero-order valence-electron chi connectivity index (χ0n) is 20.7. The van der Waals surface area contributed by atoms with Crippen LogP contribution in [0.15, 0.2) is 55.1 Å². The molecule has 0 bridgehead atoms. The Morgan fingerprint density at radius 3 is 2.57 bits per heavy atom. The van der Waals surface area contributed by atoms with Gasteiger partial charge in [0.05, 0.1) is 23.5 Å². The molecular weight excluding hydrogens is 479 g/mol. The first-order chi connectivity index (χ1) is 17.8. The van der Waals surface area contributed by atoms with Crippen LogP contribution in [0.2, 0.25) is 0 Å². The van der Waals surface area contributed by atoms with Gasteiger partial charge in [-0.1, -0.05) is 38.1 Å². The van der Waals surface area contributed by atoms with E-state index in [9.17, 15) is 13.2 Å². The van der Waals surface area contributed by atoms with Crippen molar-refractivity contribution in [3.8, 4) is 5.69 Å². The van der Waals surface area contributed by atoms with Crippen LogP contribution in [0.4, 0.5) is 24.9 Å². The number of hydrogen-bond acceptors (Lipinski definition) is 6. The highest BCUT2D eigenvalue weighted by Crippen LogP contribution is 2.44. The van der Waals surface area contributed by atoms with Crippen molar-refractivity contribution in [3.05, 3.63) is 72.1 Å². The van der Waals surface area contributed by atoms with Gasteiger partial charge in [0.15, 0.2) is 11.6 Å². The normalized spacial score (nSPS) is 21.7. The van der Waals surface area contributed by atoms with Gasteiger partial charge < -0.3 is 4.90 Å². The van der Waals surface area contributed by atoms with Crippen LogP contribution in [0.5, 0.6) is 0 Å². The zero-order valence-corrected chi connectivity index (χ0v) is 20.7. The van der Waals surface area contributed by atoms with Gasteiger partial charge in [-0.15, -0.1) is 10.2 Å². The molecule has 192 valence electrons. The Morgan fingerprint density at radius 2 is 1.89 bits per heavy atom. The Kier molecular flexibility index (Phi) is 5.77. The molecule has 0 amide bonds. The number of benzene rings is 1. The third-order valence-electron chi connectivity index (χ3n) is 7.53. The predicted molar refractivity (Wildman–Crippen MR) is 135 cm³/mol. The molecule has 0 saturated heterocycles. The monoisotopic (exact) mass is 507 g/mol. The molecule has 1 aromatic carbocycles. The summed E-state index contributed by atoms with van der Waals surface area (Å²) in [7, 11) is 0. The topological polar surface area (TPSA) is 63.0 Å². The van der Waals surface area contributed by atoms with E-state index in [1.807, 2.05) is 21.7 Å². The van der Waals surface area contributed by atoms with Gasteiger partial charge in [-0.2, -0.15) is 18.2 Å². The maximum Gasteiger partial charge on any atom is 0.416 e. The minimum Gasteiger partial charge on any atom is -0.341 e. The molecule has 10 heteroatoms. The van der Waals surface area contributed by atoms with Crippen molar-refractivity contribution in [1.29, 1.82) is 0 Å². The fraction of sp³-hybridized carbons (Fsp3) is 0.407. The summed E-state index contributed by atoms with van der Waals surface area (Å²) in [6.45, 7) is 4.25. The highest BCUT2D eigenvalue weighted by Gasteiger charge is 2.40. The standard InChI is InChI=1S/C27H28F3N7/c1-3-21-25-34-32-16-36(25)23-15-31-26(33-24(23)37(21)20-5-4-6-20)35-14-13-17(2)7-12-22(35)18-8-10-19(11-9-18)27(28,29)30/h8-17,20-21H,3-7H2,1-2H3. The third-order valence-corrected chi connectivity index (χ3v) is 7.53. The number of rotatable bonds is 4. The Labute approximate surface area is 213 Å². The summed E-state index contributed by atoms with van der Waals surface area (Å²) in [6, 6.07) is 5.71. The molecule has 4 heterocycles. The fourth-order valence-electron chi connectivity index (χ4n) is 5.28. The van der Waals surface area contributed by atoms with Crippen molar-refractivity contribution in [2.75, 3.05) is 9.80 Å². The minimum absolute atomic E-state index is 0.0627. The number of fused-ring (bicyclic) bond motifs is 3. The molecule has 0 radical (unpaired) electrons. The summed E-state index contributed by atoms with van der Waals surface area (Å²) in [6.07, 6.45) is 10.2. The van der Waals surface area contributed by atoms with Crippen molar-refractivity contribution in [2.24, 2.45) is 5.92 Å². The number of alkyl halides is 3. The lowest BCUT2D eigenvalue weighted by Gasteiger charge is -2.45. The third kappa shape index (κ3) is 4.08. The fourth-order valence-corrected chi connectivity index (χ4v) is 5.28. The number of anilines is 2. The Balaban J connectivity index is 1.45. The van der Waals surface area contributed by atoms with Crippen LogP contribution in [0.3, 0.4) is 0 Å². The Morgan fingerprint density at radius 1 is 1.11 bits per heavy atom. The largest absolute Gasteiger partial charge is 0.416 e. The quantitative estimate of drug-likeness (QED) is 0.413. The lowest BCUT2D eigenvalue weighted by Crippen LogP contribution is -2.46. The SMILES string of the molecule is CCC1c2nncn2-c2cnc(N3C=CC(C)CC=C3c3ccc(C(F)(F)F)cc3)nc2N1C1CCC1. The molecule has 3 aliphatic rings. The second-order valence-corrected chi connectivity index (χ2v) is 9.94. The molecule has 3 aromatic rings. The van der Waals surface area contributed by atoms with Crippen LogP contribution in [-0.4, -0.2) is 30.8 Å². The molecule has 2 aromatic heterocycles. The van der Waals surface area contributed by atoms with E-state index in [-0.39, 0.29) is 12.0 Å². The average Bonchev–Trinajstić information content (AvgIpc) is 3.26. The van der Waals surface area contributed by atoms with Gasteiger partial charge in [0.1, 0.15) is 12.0 Å². The van der Waals surface area contributed by atoms with E-state index in [0.717, 1.165) is 60.8 Å². The Hall–Kier alpha value is -3.69. The molecule has 1 aliphatic carbocycles. The predicted octanol–water partition coefficient (Wildman–Crippen LogP) is 6.30. The second-order valence-electron chi connectivity index (χ2n) is 9.94. The highest BCUT2D eigenvalue weighted by atomic mass is 19.4. The molecule has 1 saturated carbocycles. The number of nitrogens with zero attached hydrogens (tertiary/aromatic N) is 7. The minimum atomic E-state index is -4.38. The van der Waals surface area contributed by atoms with Crippen molar-refractivity contribution in [1.82, 2.24) is 24.7 Å². The average molecular weight is 508 g/mol. The van der Waals surface area contributed by atoms with Crippen molar-refractivity contribution in [3.63, 3.8) is 0 Å². The number of aromatic nitrogens is 5. The molecule has 6 rings (SSSR count). The molecule has 37 heavy (non-hydrogen) atoms. The van der Waals surface area contributed by atoms with E-state index >= 15 is 0 Å². The van der Waals surface area contributed by atoms with E-state index in [1.165, 1.54) is 18.6 Å². The first-order valence-electron chi connectivity index (χ1n) is 12.8. The van der Waals surface area contributed by atoms with Gasteiger partial charge in [0, 0.05) is 12.2 Å². The van der Waals surface area contributed by atoms with Crippen LogP contribution < -0.4 is 9.80 Å². The van der Waals surface area contributed by atoms with Crippen LogP contribution in [0.25, 0.3) is 11.4 Å². The molecule has 2 aliphatic heterocycles. The lowest BCUT2D eigenvalue weighted by atomic mass is 9.89. The van der Waals surface area contributed by atoms with Gasteiger partial charge in [0.2, 0.25) is 5.95 Å². The summed E-state index contributed by atoms with van der Waals surface area (Å²) in [4.78, 5) is 14.1. The van der Waals surface area contributed by atoms with E-state index in [0.29, 0.717) is 17.6 Å². The van der Waals surface area contributed by atoms with E-state index in [2.05, 4.69) is 35.0 Å². The highest BCUT2D eigenvalue weighted by molar-refractivity contribution is 5.80. The van der Waals surface area contributed by atoms with E-state index in [1.54, 1.807) is 12.5 Å². The first kappa shape index (κ1) is 23.7. The van der Waals surface area contributed by atoms with Crippen molar-refractivity contribution < 1.29 is 13.2 Å². The summed E-state index contributed by atoms with van der Waals surface area (Å²) in [5.41, 5.74) is 1.61. The van der Waals surface area contributed by atoms with Crippen LogP contribution in [0.1, 0.15) is 68.9 Å². The zero-order chi connectivity index (χ0) is 25.7. The summed E-state index contributed by atoms with van der Waals surface area (Å²) >= 11 is 0. The van der Waals surface area contributed by atoms with Gasteiger partial charge >= 0.3 is 6.18 Å². The van der Waals surface area contributed by atoms with Crippen molar-refractivity contribution >= 4 is 17.5 Å². The van der Waals surface area contributed by atoms with Crippen LogP contribution in [0, 0.1) is 5.92 Å². The molecule has 0 spiro atoms. The maximum absolute atomic E-state index is 13.2. The lowest BCUT2D eigenvalue weighted by molar-refractivity contribution is -0.137. The van der Waals surface area contributed by atoms with Gasteiger partial charge in [-0.05, 0) is 55.7 Å². The molecule has 2 unspecified atom stereocenters. The molecule has 7 nitrogen and oxygen atoms in total. The van der Waals surface area contributed by atoms with Crippen LogP contribution >= 0.6 is 0 Å². The van der Waals surface area contributed by atoms with E-state index in [4.69, 9.17) is 9.97 Å². The molecule has 2 atom stereocenters. The maximum atomic E-state index is 13.2. The summed E-state index contributed by atoms with van der Waals surface area (Å²) in [5.74, 6) is 2.48. The van der Waals surface area contributed by atoms with Crippen LogP contribution in [-0.2, 0) is 6.18 Å². The smallest absolute Gasteiger partial charge is 0.341 e. The van der Waals surface area contributed by atoms with Gasteiger partial charge in [-0.3, -0.25) is 9.47 Å². The number of halogens is 3.